The maximum atomic E-state index is 11.4. The van der Waals surface area contributed by atoms with Crippen molar-refractivity contribution in [3.8, 4) is 22.8 Å². The number of H-pyrrole nitrogens is 1. The molecule has 1 aromatic heterocycles. The molecule has 2 rings (SSSR count). The van der Waals surface area contributed by atoms with E-state index in [0.29, 0.717) is 23.8 Å². The van der Waals surface area contributed by atoms with Gasteiger partial charge in [-0.1, -0.05) is 0 Å². The van der Waals surface area contributed by atoms with Crippen molar-refractivity contribution in [1.29, 1.82) is 0 Å². The Hall–Kier alpha value is -2.50. The van der Waals surface area contributed by atoms with E-state index in [1.165, 1.54) is 7.11 Å². The summed E-state index contributed by atoms with van der Waals surface area (Å²) < 4.78 is 15.4. The Kier molecular flexibility index (Phi) is 4.24. The van der Waals surface area contributed by atoms with Gasteiger partial charge in [0.25, 0.3) is 0 Å². The number of rotatable bonds is 5. The lowest BCUT2D eigenvalue weighted by atomic mass is 10.1. The summed E-state index contributed by atoms with van der Waals surface area (Å²) in [6, 6.07) is 7.04. The fraction of sp³-hybridized carbons (Fsp3) is 0.286. The molecule has 0 aliphatic heterocycles. The second kappa shape index (κ2) is 6.10. The highest BCUT2D eigenvalue weighted by atomic mass is 16.5. The summed E-state index contributed by atoms with van der Waals surface area (Å²) in [6.07, 6.45) is 0. The van der Waals surface area contributed by atoms with Gasteiger partial charge in [0.15, 0.2) is 0 Å². The number of carbonyl (C=O) groups is 1. The molecule has 1 N–H and O–H groups in total. The first-order valence-corrected chi connectivity index (χ1v) is 6.14. The van der Waals surface area contributed by atoms with Crippen LogP contribution in [-0.2, 0) is 4.74 Å². The van der Waals surface area contributed by atoms with Crippen LogP contribution in [0.3, 0.4) is 0 Å². The number of nitrogens with one attached hydrogen (secondary N) is 1. The van der Waals surface area contributed by atoms with Crippen molar-refractivity contribution in [3.63, 3.8) is 0 Å². The monoisotopic (exact) mass is 276 g/mol. The van der Waals surface area contributed by atoms with Gasteiger partial charge in [-0.3, -0.25) is 5.10 Å². The molecule has 1 heterocycles. The predicted octanol–water partition coefficient (Wildman–Crippen LogP) is 2.27. The van der Waals surface area contributed by atoms with Crippen LogP contribution in [0.4, 0.5) is 0 Å². The van der Waals surface area contributed by atoms with Crippen molar-refractivity contribution in [2.24, 2.45) is 0 Å². The number of hydrogen-bond donors (Lipinski definition) is 1. The number of nitrogens with zero attached hydrogens (tertiary/aromatic N) is 1. The molecule has 0 aliphatic carbocycles. The van der Waals surface area contributed by atoms with E-state index in [4.69, 9.17) is 9.47 Å². The van der Waals surface area contributed by atoms with Gasteiger partial charge < -0.3 is 14.2 Å². The lowest BCUT2D eigenvalue weighted by Gasteiger charge is -2.09. The molecule has 0 fully saturated rings. The van der Waals surface area contributed by atoms with Crippen molar-refractivity contribution in [3.05, 3.63) is 30.0 Å². The van der Waals surface area contributed by atoms with Crippen molar-refractivity contribution < 1.29 is 19.0 Å². The van der Waals surface area contributed by atoms with E-state index >= 15 is 0 Å². The highest BCUT2D eigenvalue weighted by Crippen LogP contribution is 2.32. The lowest BCUT2D eigenvalue weighted by molar-refractivity contribution is 0.0594. The first-order chi connectivity index (χ1) is 9.69. The molecule has 20 heavy (non-hydrogen) atoms. The third kappa shape index (κ3) is 2.74. The quantitative estimate of drug-likeness (QED) is 0.848. The number of aromatic nitrogens is 2. The summed E-state index contributed by atoms with van der Waals surface area (Å²) in [4.78, 5) is 11.4. The molecule has 0 unspecified atom stereocenters. The number of aromatic amines is 1. The maximum Gasteiger partial charge on any atom is 0.356 e. The number of esters is 1. The number of hydrogen-bond acceptors (Lipinski definition) is 5. The van der Waals surface area contributed by atoms with Crippen LogP contribution in [0.1, 0.15) is 17.4 Å². The van der Waals surface area contributed by atoms with E-state index in [1.807, 2.05) is 25.1 Å². The first-order valence-electron chi connectivity index (χ1n) is 6.14. The highest BCUT2D eigenvalue weighted by Gasteiger charge is 2.15. The van der Waals surface area contributed by atoms with Crippen LogP contribution >= 0.6 is 0 Å². The smallest absolute Gasteiger partial charge is 0.356 e. The zero-order valence-corrected chi connectivity index (χ0v) is 11.6. The van der Waals surface area contributed by atoms with Gasteiger partial charge in [0.1, 0.15) is 17.2 Å². The van der Waals surface area contributed by atoms with Crippen LogP contribution in [0.25, 0.3) is 11.3 Å². The Balaban J connectivity index is 2.43. The van der Waals surface area contributed by atoms with E-state index in [-0.39, 0.29) is 5.69 Å². The van der Waals surface area contributed by atoms with Gasteiger partial charge in [-0.05, 0) is 31.2 Å². The van der Waals surface area contributed by atoms with Crippen molar-refractivity contribution in [1.82, 2.24) is 10.2 Å². The minimum absolute atomic E-state index is 0.285. The normalized spacial score (nSPS) is 10.2. The summed E-state index contributed by atoms with van der Waals surface area (Å²) in [5.41, 5.74) is 1.62. The summed E-state index contributed by atoms with van der Waals surface area (Å²) in [7, 11) is 2.91. The molecule has 6 nitrogen and oxygen atoms in total. The Morgan fingerprint density at radius 3 is 2.75 bits per heavy atom. The molecule has 0 radical (unpaired) electrons. The summed E-state index contributed by atoms with van der Waals surface area (Å²) in [5.74, 6) is 0.895. The van der Waals surface area contributed by atoms with E-state index in [1.54, 1.807) is 13.2 Å². The molecule has 106 valence electrons. The topological polar surface area (TPSA) is 73.4 Å². The molecule has 0 bridgehead atoms. The van der Waals surface area contributed by atoms with Crippen LogP contribution in [0.5, 0.6) is 11.5 Å². The molecule has 1 aromatic carbocycles. The fourth-order valence-electron chi connectivity index (χ4n) is 1.79. The van der Waals surface area contributed by atoms with Crippen LogP contribution in [-0.4, -0.2) is 37.0 Å². The maximum absolute atomic E-state index is 11.4. The molecular weight excluding hydrogens is 260 g/mol. The molecule has 0 saturated carbocycles. The Morgan fingerprint density at radius 1 is 1.30 bits per heavy atom. The number of methoxy groups -OCH3 is 2. The average molecular weight is 276 g/mol. The van der Waals surface area contributed by atoms with Gasteiger partial charge in [0.05, 0.1) is 26.5 Å². The van der Waals surface area contributed by atoms with Crippen LogP contribution in [0.15, 0.2) is 24.3 Å². The van der Waals surface area contributed by atoms with Gasteiger partial charge in [-0.2, -0.15) is 5.10 Å². The summed E-state index contributed by atoms with van der Waals surface area (Å²) in [5, 5.41) is 6.75. The summed E-state index contributed by atoms with van der Waals surface area (Å²) in [6.45, 7) is 2.44. The predicted molar refractivity (Wildman–Crippen MR) is 73.1 cm³/mol. The highest BCUT2D eigenvalue weighted by molar-refractivity contribution is 5.88. The minimum Gasteiger partial charge on any atom is -0.497 e. The molecule has 6 heteroatoms. The van der Waals surface area contributed by atoms with Crippen LogP contribution < -0.4 is 9.47 Å². The van der Waals surface area contributed by atoms with Crippen molar-refractivity contribution >= 4 is 5.97 Å². The third-order valence-electron chi connectivity index (χ3n) is 2.75. The van der Waals surface area contributed by atoms with E-state index in [9.17, 15) is 4.79 Å². The van der Waals surface area contributed by atoms with Crippen LogP contribution in [0, 0.1) is 0 Å². The second-order valence-corrected chi connectivity index (χ2v) is 3.95. The fourth-order valence-corrected chi connectivity index (χ4v) is 1.79. The van der Waals surface area contributed by atoms with E-state index in [2.05, 4.69) is 14.9 Å². The average Bonchev–Trinajstić information content (AvgIpc) is 2.97. The van der Waals surface area contributed by atoms with Gasteiger partial charge >= 0.3 is 5.97 Å². The van der Waals surface area contributed by atoms with Crippen molar-refractivity contribution in [2.75, 3.05) is 20.8 Å². The summed E-state index contributed by atoms with van der Waals surface area (Å²) >= 11 is 0. The van der Waals surface area contributed by atoms with Crippen molar-refractivity contribution in [2.45, 2.75) is 6.92 Å². The minimum atomic E-state index is -0.468. The third-order valence-corrected chi connectivity index (χ3v) is 2.75. The number of carbonyl (C=O) groups excluding carboxylic acids is 1. The zero-order chi connectivity index (χ0) is 14.5. The SMILES string of the molecule is CCOc1ccc(OC)cc1-c1cc(C(=O)OC)[nH]n1. The van der Waals surface area contributed by atoms with E-state index in [0.717, 1.165) is 5.56 Å². The molecule has 2 aromatic rings. The number of ether oxygens (including phenoxy) is 3. The Bertz CT molecular complexity index is 607. The molecule has 0 atom stereocenters. The zero-order valence-electron chi connectivity index (χ0n) is 11.6. The molecular formula is C14H16N2O4. The van der Waals surface area contributed by atoms with E-state index < -0.39 is 5.97 Å². The Labute approximate surface area is 116 Å². The van der Waals surface area contributed by atoms with Gasteiger partial charge in [0.2, 0.25) is 0 Å². The lowest BCUT2D eigenvalue weighted by Crippen LogP contribution is -2.00. The van der Waals surface area contributed by atoms with Gasteiger partial charge in [-0.25, -0.2) is 4.79 Å². The molecule has 0 saturated heterocycles. The van der Waals surface area contributed by atoms with Gasteiger partial charge in [-0.15, -0.1) is 0 Å². The standard InChI is InChI=1S/C14H16N2O4/c1-4-20-13-6-5-9(18-2)7-10(13)11-8-12(16-15-11)14(17)19-3/h5-8H,4H2,1-3H3,(H,15,16). The molecule has 0 spiro atoms. The van der Waals surface area contributed by atoms with Gasteiger partial charge in [0, 0.05) is 5.56 Å². The first kappa shape index (κ1) is 13.9. The Morgan fingerprint density at radius 2 is 2.10 bits per heavy atom. The van der Waals surface area contributed by atoms with Crippen LogP contribution in [0.2, 0.25) is 0 Å². The number of benzene rings is 1. The largest absolute Gasteiger partial charge is 0.497 e. The molecule has 0 amide bonds. The molecule has 0 aliphatic rings. The second-order valence-electron chi connectivity index (χ2n) is 3.95.